The fourth-order valence-corrected chi connectivity index (χ4v) is 3.78. The molecule has 124 valence electrons. The number of benzene rings is 1. The van der Waals surface area contributed by atoms with Crippen LogP contribution in [0.25, 0.3) is 0 Å². The van der Waals surface area contributed by atoms with Crippen LogP contribution in [0.5, 0.6) is 0 Å². The molecule has 0 aromatic heterocycles. The highest BCUT2D eigenvalue weighted by Gasteiger charge is 2.24. The normalized spacial score (nSPS) is 12.5. The van der Waals surface area contributed by atoms with Crippen LogP contribution in [0.3, 0.4) is 0 Å². The molecule has 0 aliphatic rings. The molecular weight excluding hydrogens is 300 g/mol. The van der Waals surface area contributed by atoms with Gasteiger partial charge in [-0.05, 0) is 58.7 Å². The van der Waals surface area contributed by atoms with Crippen molar-refractivity contribution in [3.63, 3.8) is 0 Å². The Kier molecular flexibility index (Phi) is 5.76. The van der Waals surface area contributed by atoms with Crippen molar-refractivity contribution in [2.75, 3.05) is 0 Å². The molecule has 0 unspecified atom stereocenters. The van der Waals surface area contributed by atoms with E-state index in [-0.39, 0.29) is 23.3 Å². The van der Waals surface area contributed by atoms with Gasteiger partial charge in [0.25, 0.3) is 0 Å². The Morgan fingerprint density at radius 3 is 2.32 bits per heavy atom. The van der Waals surface area contributed by atoms with E-state index in [1.807, 2.05) is 13.8 Å². The van der Waals surface area contributed by atoms with Crippen LogP contribution in [-0.2, 0) is 21.2 Å². The second-order valence-electron chi connectivity index (χ2n) is 6.85. The number of carbonyl (C=O) groups excluding carboxylic acids is 1. The minimum absolute atomic E-state index is 0.0590. The van der Waals surface area contributed by atoms with E-state index < -0.39 is 15.6 Å². The van der Waals surface area contributed by atoms with E-state index in [9.17, 15) is 13.2 Å². The summed E-state index contributed by atoms with van der Waals surface area (Å²) < 4.78 is 27.6. The standard InChI is InChI=1S/C16H26N2O3S/c1-11(2)17-15(19)10-13-8-7-12(3)14(9-13)22(20,21)18-16(4,5)6/h7-9,11,18H,10H2,1-6H3,(H,17,19). The minimum atomic E-state index is -3.61. The molecule has 0 saturated carbocycles. The second kappa shape index (κ2) is 6.79. The molecule has 1 aromatic carbocycles. The molecule has 1 rings (SSSR count). The third kappa shape index (κ3) is 5.77. The molecule has 0 radical (unpaired) electrons. The first kappa shape index (κ1) is 18.6. The third-order valence-electron chi connectivity index (χ3n) is 2.80. The smallest absolute Gasteiger partial charge is 0.241 e. The van der Waals surface area contributed by atoms with E-state index in [1.165, 1.54) is 0 Å². The summed E-state index contributed by atoms with van der Waals surface area (Å²) in [5.74, 6) is -0.119. The number of sulfonamides is 1. The van der Waals surface area contributed by atoms with Crippen molar-refractivity contribution >= 4 is 15.9 Å². The zero-order chi connectivity index (χ0) is 17.1. The summed E-state index contributed by atoms with van der Waals surface area (Å²) in [7, 11) is -3.61. The topological polar surface area (TPSA) is 75.3 Å². The third-order valence-corrected chi connectivity index (χ3v) is 4.70. The van der Waals surface area contributed by atoms with Gasteiger partial charge in [-0.3, -0.25) is 4.79 Å². The lowest BCUT2D eigenvalue weighted by Crippen LogP contribution is -2.40. The Hall–Kier alpha value is -1.40. The van der Waals surface area contributed by atoms with Gasteiger partial charge in [0, 0.05) is 11.6 Å². The van der Waals surface area contributed by atoms with Gasteiger partial charge in [-0.2, -0.15) is 0 Å². The average molecular weight is 326 g/mol. The highest BCUT2D eigenvalue weighted by atomic mass is 32.2. The maximum absolute atomic E-state index is 12.5. The van der Waals surface area contributed by atoms with E-state index in [4.69, 9.17) is 0 Å². The van der Waals surface area contributed by atoms with Crippen LogP contribution in [0.1, 0.15) is 45.7 Å². The molecule has 1 amide bonds. The highest BCUT2D eigenvalue weighted by Crippen LogP contribution is 2.19. The fourth-order valence-electron chi connectivity index (χ4n) is 2.06. The van der Waals surface area contributed by atoms with Gasteiger partial charge in [0.1, 0.15) is 0 Å². The molecule has 5 nitrogen and oxygen atoms in total. The van der Waals surface area contributed by atoms with Crippen LogP contribution in [0.2, 0.25) is 0 Å². The zero-order valence-corrected chi connectivity index (χ0v) is 15.0. The first-order valence-corrected chi connectivity index (χ1v) is 8.82. The molecule has 0 spiro atoms. The summed E-state index contributed by atoms with van der Waals surface area (Å²) in [4.78, 5) is 12.0. The zero-order valence-electron chi connectivity index (χ0n) is 14.1. The van der Waals surface area contributed by atoms with E-state index in [1.54, 1.807) is 45.9 Å². The summed E-state index contributed by atoms with van der Waals surface area (Å²) in [6, 6.07) is 5.15. The first-order valence-electron chi connectivity index (χ1n) is 7.33. The lowest BCUT2D eigenvalue weighted by Gasteiger charge is -2.21. The van der Waals surface area contributed by atoms with Crippen molar-refractivity contribution < 1.29 is 13.2 Å². The van der Waals surface area contributed by atoms with Gasteiger partial charge in [-0.25, -0.2) is 13.1 Å². The van der Waals surface area contributed by atoms with Crippen LogP contribution < -0.4 is 10.0 Å². The predicted molar refractivity (Wildman–Crippen MR) is 88.2 cm³/mol. The van der Waals surface area contributed by atoms with Gasteiger partial charge in [0.2, 0.25) is 15.9 Å². The molecule has 1 aromatic rings. The van der Waals surface area contributed by atoms with Crippen molar-refractivity contribution in [2.24, 2.45) is 0 Å². The number of amides is 1. The Labute approximate surface area is 133 Å². The molecule has 0 heterocycles. The number of rotatable bonds is 5. The fraction of sp³-hybridized carbons (Fsp3) is 0.562. The van der Waals surface area contributed by atoms with Gasteiger partial charge in [0.15, 0.2) is 0 Å². The summed E-state index contributed by atoms with van der Waals surface area (Å²) in [6.07, 6.45) is 0.163. The van der Waals surface area contributed by atoms with Crippen LogP contribution in [-0.4, -0.2) is 25.9 Å². The molecule has 0 aliphatic carbocycles. The molecule has 6 heteroatoms. The van der Waals surface area contributed by atoms with Crippen molar-refractivity contribution in [2.45, 2.75) is 64.4 Å². The minimum Gasteiger partial charge on any atom is -0.354 e. The van der Waals surface area contributed by atoms with Crippen LogP contribution in [0, 0.1) is 6.92 Å². The van der Waals surface area contributed by atoms with Gasteiger partial charge >= 0.3 is 0 Å². The lowest BCUT2D eigenvalue weighted by atomic mass is 10.1. The molecule has 0 bridgehead atoms. The molecular formula is C16H26N2O3S. The predicted octanol–water partition coefficient (Wildman–Crippen LogP) is 2.14. The van der Waals surface area contributed by atoms with Crippen LogP contribution >= 0.6 is 0 Å². The molecule has 0 atom stereocenters. The van der Waals surface area contributed by atoms with E-state index in [0.717, 1.165) is 0 Å². The number of nitrogens with one attached hydrogen (secondary N) is 2. The van der Waals surface area contributed by atoms with Crippen molar-refractivity contribution in [1.29, 1.82) is 0 Å². The number of hydrogen-bond acceptors (Lipinski definition) is 3. The highest BCUT2D eigenvalue weighted by molar-refractivity contribution is 7.89. The number of hydrogen-bond donors (Lipinski definition) is 2. The molecule has 0 fully saturated rings. The van der Waals surface area contributed by atoms with E-state index in [2.05, 4.69) is 10.0 Å². The molecule has 0 saturated heterocycles. The summed E-state index contributed by atoms with van der Waals surface area (Å²) in [5.41, 5.74) is 0.777. The summed E-state index contributed by atoms with van der Waals surface area (Å²) in [6.45, 7) is 10.9. The Balaban J connectivity index is 3.07. The lowest BCUT2D eigenvalue weighted by molar-refractivity contribution is -0.120. The second-order valence-corrected chi connectivity index (χ2v) is 8.51. The first-order chi connectivity index (χ1) is 9.90. The Morgan fingerprint density at radius 1 is 1.23 bits per heavy atom. The molecule has 22 heavy (non-hydrogen) atoms. The van der Waals surface area contributed by atoms with Gasteiger partial charge < -0.3 is 5.32 Å². The van der Waals surface area contributed by atoms with Crippen LogP contribution in [0.15, 0.2) is 23.1 Å². The summed E-state index contributed by atoms with van der Waals surface area (Å²) in [5, 5.41) is 2.80. The maximum Gasteiger partial charge on any atom is 0.241 e. The van der Waals surface area contributed by atoms with E-state index in [0.29, 0.717) is 11.1 Å². The van der Waals surface area contributed by atoms with E-state index >= 15 is 0 Å². The van der Waals surface area contributed by atoms with Crippen LogP contribution in [0.4, 0.5) is 0 Å². The number of carbonyl (C=O) groups is 1. The quantitative estimate of drug-likeness (QED) is 0.870. The average Bonchev–Trinajstić information content (AvgIpc) is 2.27. The van der Waals surface area contributed by atoms with Crippen molar-refractivity contribution in [3.05, 3.63) is 29.3 Å². The largest absolute Gasteiger partial charge is 0.354 e. The Bertz CT molecular complexity index is 644. The SMILES string of the molecule is Cc1ccc(CC(=O)NC(C)C)cc1S(=O)(=O)NC(C)(C)C. The van der Waals surface area contributed by atoms with Gasteiger partial charge in [-0.1, -0.05) is 12.1 Å². The van der Waals surface area contributed by atoms with Crippen molar-refractivity contribution in [1.82, 2.24) is 10.0 Å². The maximum atomic E-state index is 12.5. The summed E-state index contributed by atoms with van der Waals surface area (Å²) >= 11 is 0. The molecule has 2 N–H and O–H groups in total. The van der Waals surface area contributed by atoms with Gasteiger partial charge in [-0.15, -0.1) is 0 Å². The van der Waals surface area contributed by atoms with Crippen molar-refractivity contribution in [3.8, 4) is 0 Å². The Morgan fingerprint density at radius 2 is 1.82 bits per heavy atom. The molecule has 0 aliphatic heterocycles. The van der Waals surface area contributed by atoms with Gasteiger partial charge in [0.05, 0.1) is 11.3 Å². The number of aryl methyl sites for hydroxylation is 1. The monoisotopic (exact) mass is 326 g/mol.